The number of allylic oxidation sites excluding steroid dienone is 2. The molecule has 4 saturated carbocycles. The topological polar surface area (TPSA) is 518 Å². The van der Waals surface area contributed by atoms with Crippen molar-refractivity contribution in [3.05, 3.63) is 11.6 Å². The lowest BCUT2D eigenvalue weighted by Crippen LogP contribution is -2.70. The van der Waals surface area contributed by atoms with Crippen molar-refractivity contribution in [1.29, 1.82) is 0 Å². The molecule has 0 spiro atoms. The predicted molar refractivity (Wildman–Crippen MR) is 369 cm³/mol. The molecular formula is C75H120O34. The summed E-state index contributed by atoms with van der Waals surface area (Å²) in [6.07, 6.45) is -45.0. The molecule has 0 amide bonds. The van der Waals surface area contributed by atoms with E-state index in [0.29, 0.717) is 32.1 Å². The average molecular weight is 1570 g/mol. The minimum atomic E-state index is -2.15. The van der Waals surface area contributed by atoms with Gasteiger partial charge in [-0.3, -0.25) is 24.0 Å². The Morgan fingerprint density at radius 2 is 0.982 bits per heavy atom. The van der Waals surface area contributed by atoms with Gasteiger partial charge in [0.1, 0.15) is 103 Å². The van der Waals surface area contributed by atoms with Gasteiger partial charge in [-0.25, -0.2) is 0 Å². The number of ether oxygens (including phenoxy) is 14. The monoisotopic (exact) mass is 1560 g/mol. The van der Waals surface area contributed by atoms with Gasteiger partial charge in [0.15, 0.2) is 37.4 Å². The molecule has 34 nitrogen and oxygen atoms in total. The van der Waals surface area contributed by atoms with Crippen LogP contribution in [0.15, 0.2) is 11.6 Å². The fourth-order valence-corrected chi connectivity index (χ4v) is 20.0. The van der Waals surface area contributed by atoms with Crippen LogP contribution in [0.2, 0.25) is 0 Å². The van der Waals surface area contributed by atoms with E-state index in [2.05, 4.69) is 40.7 Å². The number of aliphatic hydroxyl groups excluding tert-OH is 15. The summed E-state index contributed by atoms with van der Waals surface area (Å²) in [5.74, 6) is -5.74. The molecule has 10 rings (SSSR count). The molecular weight excluding hydrogens is 1440 g/mol. The van der Waals surface area contributed by atoms with Gasteiger partial charge in [0, 0.05) is 5.41 Å². The molecule has 0 aromatic carbocycles. The third-order valence-corrected chi connectivity index (χ3v) is 26.2. The minimum Gasteiger partial charge on any atom is -0.462 e. The molecule has 15 N–H and O–H groups in total. The standard InChI is InChI=1S/C75H120O34/c1-30(77)21-45(81)97-31(2)22-46(82)98-32(3)23-47(83)99-33(4)24-48(84)104-61-51(87)36(7)102-68(62(61)107-66-57(93)54(90)59(37(8)103-66)105-64-58(94)60(41(79)28-96-64)106-65-55(91)52(88)49(85)34(5)100-65)109-69(95)75-20-19-70(9,10)25-39(75)38-15-16-43-71(11)26-40(78)63(108-67-56(92)53(89)50(86)35(6)101-67)72(12,29-76)42(71)17-18-73(43,13)74(38,14)27-44(75)80/h15,30-37,39-44,49-68,76-80,85-94H,16-29H2,1-14H3/t30-,31-,32-,33-,34-,35-,36+,37-,39-,40-,41+,42+,43+,44+,49-,50-,51-,52+,53+,54-,55+,56+,57+,58+,59-,60-,61-,62+,63-,64-,65-,66-,67-,68-,71-,72-,73+,74+,75+/m0/s1. The Morgan fingerprint density at radius 1 is 0.486 bits per heavy atom. The fraction of sp³-hybridized carbons (Fsp3) is 0.907. The summed E-state index contributed by atoms with van der Waals surface area (Å²) in [7, 11) is 0. The summed E-state index contributed by atoms with van der Waals surface area (Å²) < 4.78 is 82.8. The molecule has 5 aliphatic heterocycles. The van der Waals surface area contributed by atoms with Crippen molar-refractivity contribution in [2.75, 3.05) is 13.2 Å². The highest BCUT2D eigenvalue weighted by atomic mass is 16.8. The Bertz CT molecular complexity index is 3200. The van der Waals surface area contributed by atoms with Crippen molar-refractivity contribution in [2.24, 2.45) is 50.2 Å². The van der Waals surface area contributed by atoms with Crippen molar-refractivity contribution in [1.82, 2.24) is 0 Å². The van der Waals surface area contributed by atoms with Gasteiger partial charge in [-0.1, -0.05) is 53.2 Å². The van der Waals surface area contributed by atoms with Gasteiger partial charge in [0.05, 0.1) is 87.7 Å². The first kappa shape index (κ1) is 87.5. The van der Waals surface area contributed by atoms with Crippen LogP contribution in [0.4, 0.5) is 0 Å². The van der Waals surface area contributed by atoms with Crippen LogP contribution in [0, 0.1) is 50.2 Å². The van der Waals surface area contributed by atoms with E-state index < -0.39 is 284 Å². The third-order valence-electron chi connectivity index (χ3n) is 26.2. The van der Waals surface area contributed by atoms with E-state index in [1.807, 2.05) is 6.92 Å². The molecule has 624 valence electrons. The summed E-state index contributed by atoms with van der Waals surface area (Å²) in [5, 5.41) is 169. The summed E-state index contributed by atoms with van der Waals surface area (Å²) in [6, 6.07) is 0. The smallest absolute Gasteiger partial charge is 0.317 e. The van der Waals surface area contributed by atoms with E-state index in [1.165, 1.54) is 55.4 Å². The first-order valence-electron chi connectivity index (χ1n) is 38.5. The highest BCUT2D eigenvalue weighted by Crippen LogP contribution is 2.76. The highest BCUT2D eigenvalue weighted by Gasteiger charge is 2.74. The van der Waals surface area contributed by atoms with Gasteiger partial charge in [0.2, 0.25) is 6.29 Å². The molecule has 9 fully saturated rings. The number of hydrogen-bond acceptors (Lipinski definition) is 34. The molecule has 10 aliphatic rings. The van der Waals surface area contributed by atoms with Crippen LogP contribution in [0.25, 0.3) is 0 Å². The van der Waals surface area contributed by atoms with Crippen LogP contribution >= 0.6 is 0 Å². The molecule has 0 aromatic rings. The number of hydrogen-bond donors (Lipinski definition) is 15. The van der Waals surface area contributed by atoms with E-state index in [0.717, 1.165) is 5.57 Å². The fourth-order valence-electron chi connectivity index (χ4n) is 20.0. The molecule has 34 heteroatoms. The molecule has 5 saturated heterocycles. The molecule has 0 radical (unpaired) electrons. The lowest BCUT2D eigenvalue weighted by molar-refractivity contribution is -0.380. The summed E-state index contributed by atoms with van der Waals surface area (Å²) >= 11 is 0. The number of carbonyl (C=O) groups excluding carboxylic acids is 5. The quantitative estimate of drug-likeness (QED) is 0.0246. The normalized spacial score (nSPS) is 48.0. The van der Waals surface area contributed by atoms with Gasteiger partial charge in [-0.15, -0.1) is 0 Å². The van der Waals surface area contributed by atoms with Crippen LogP contribution in [0.1, 0.15) is 174 Å². The molecule has 0 unspecified atom stereocenters. The van der Waals surface area contributed by atoms with Crippen LogP contribution in [0.3, 0.4) is 0 Å². The molecule has 5 aliphatic carbocycles. The Labute approximate surface area is 633 Å². The minimum absolute atomic E-state index is 0.0377. The van der Waals surface area contributed by atoms with Gasteiger partial charge < -0.3 is 143 Å². The van der Waals surface area contributed by atoms with E-state index in [4.69, 9.17) is 66.3 Å². The van der Waals surface area contributed by atoms with Gasteiger partial charge in [0.25, 0.3) is 0 Å². The maximum atomic E-state index is 16.1. The van der Waals surface area contributed by atoms with E-state index >= 15 is 4.79 Å². The summed E-state index contributed by atoms with van der Waals surface area (Å²) in [6.45, 7) is 22.7. The van der Waals surface area contributed by atoms with E-state index in [9.17, 15) is 95.8 Å². The summed E-state index contributed by atoms with van der Waals surface area (Å²) in [4.78, 5) is 68.4. The number of carbonyl (C=O) groups is 5. The predicted octanol–water partition coefficient (Wildman–Crippen LogP) is -1.26. The van der Waals surface area contributed by atoms with E-state index in [1.54, 1.807) is 0 Å². The zero-order valence-corrected chi connectivity index (χ0v) is 64.6. The number of esters is 5. The molecule has 5 heterocycles. The van der Waals surface area contributed by atoms with Gasteiger partial charge >= 0.3 is 29.8 Å². The van der Waals surface area contributed by atoms with Crippen molar-refractivity contribution < 1.29 is 167 Å². The molecule has 0 aromatic heterocycles. The first-order valence-corrected chi connectivity index (χ1v) is 38.5. The first-order chi connectivity index (χ1) is 50.8. The molecule has 39 atom stereocenters. The van der Waals surface area contributed by atoms with Crippen LogP contribution in [-0.2, 0) is 90.3 Å². The van der Waals surface area contributed by atoms with Crippen LogP contribution in [-0.4, -0.2) is 310 Å². The maximum Gasteiger partial charge on any atom is 0.317 e. The van der Waals surface area contributed by atoms with Gasteiger partial charge in [-0.2, -0.15) is 0 Å². The lowest BCUT2D eigenvalue weighted by atomic mass is 9.33. The lowest BCUT2D eigenvalue weighted by Gasteiger charge is -2.72. The number of rotatable bonds is 23. The Balaban J connectivity index is 0.901. The zero-order chi connectivity index (χ0) is 80.6. The number of fused-ring (bicyclic) bond motifs is 7. The zero-order valence-electron chi connectivity index (χ0n) is 64.6. The van der Waals surface area contributed by atoms with Crippen molar-refractivity contribution in [2.45, 2.75) is 364 Å². The Kier molecular flexibility index (Phi) is 27.1. The van der Waals surface area contributed by atoms with Crippen molar-refractivity contribution in [3.63, 3.8) is 0 Å². The van der Waals surface area contributed by atoms with Crippen LogP contribution in [0.5, 0.6) is 0 Å². The van der Waals surface area contributed by atoms with Crippen molar-refractivity contribution >= 4 is 29.8 Å². The second-order valence-corrected chi connectivity index (χ2v) is 34.7. The SMILES string of the molecule is C[C@H](O)CC(=O)O[C@@H](C)CC(=O)O[C@@H](C)CC(=O)O[C@@H](C)CC(=O)O[C@H]1[C@@H](O)[C@@H](C)O[C@@H](OC(=O)[C@]23CCC(C)(C)C[C@H]2C2=CC[C@@H]4[C@@]5(C)C[C@H](O)[C@H](O[C@@H]6O[C@@H](C)[C@H](O)[C@@H](O)[C@H]6O)[C@@](C)(CO)[C@@H]5CC[C@@]4(C)[C@]2(C)C[C@H]3O)[C@@H]1O[C@@H]1O[C@@H](C)[C@H](O[C@@H]2OC[C@@H](O)[C@H](O[C@@H]3O[C@@H](C)[C@H](O)[C@@H](O)[C@H]3O)[C@H]2O)[C@@H](O)[C@H]1O. The molecule has 109 heavy (non-hydrogen) atoms. The van der Waals surface area contributed by atoms with Crippen molar-refractivity contribution in [3.8, 4) is 0 Å². The van der Waals surface area contributed by atoms with E-state index in [-0.39, 0.29) is 43.9 Å². The Hall–Kier alpha value is -3.87. The third kappa shape index (κ3) is 17.1. The average Bonchev–Trinajstić information content (AvgIpc) is 0.669. The summed E-state index contributed by atoms with van der Waals surface area (Å²) in [5.41, 5.74) is -4.53. The van der Waals surface area contributed by atoms with Gasteiger partial charge in [-0.05, 0) is 146 Å². The Morgan fingerprint density at radius 3 is 1.54 bits per heavy atom. The largest absolute Gasteiger partial charge is 0.462 e. The molecule has 0 bridgehead atoms. The number of aliphatic hydroxyl groups is 15. The highest BCUT2D eigenvalue weighted by molar-refractivity contribution is 5.80. The second kappa shape index (κ2) is 33.8. The second-order valence-electron chi connectivity index (χ2n) is 34.7. The van der Waals surface area contributed by atoms with Crippen LogP contribution < -0.4 is 0 Å². The maximum absolute atomic E-state index is 16.1.